The van der Waals surface area contributed by atoms with Crippen molar-refractivity contribution in [3.63, 3.8) is 0 Å². The van der Waals surface area contributed by atoms with Gasteiger partial charge in [0, 0.05) is 6.42 Å². The molecule has 0 aromatic heterocycles. The van der Waals surface area contributed by atoms with Crippen molar-refractivity contribution in [3.8, 4) is 0 Å². The summed E-state index contributed by atoms with van der Waals surface area (Å²) in [5.41, 5.74) is 0. The Labute approximate surface area is 111 Å². The van der Waals surface area contributed by atoms with Gasteiger partial charge < -0.3 is 35.1 Å². The van der Waals surface area contributed by atoms with Crippen LogP contribution in [-0.2, 0) is 14.1 Å². The molecule has 5 N–H and O–H groups in total. The number of carbonyl (C=O) groups excluding carboxylic acids is 1. The molecule has 19 heavy (non-hydrogen) atoms. The Morgan fingerprint density at radius 1 is 1.53 bits per heavy atom. The Bertz CT molecular complexity index is 293. The van der Waals surface area contributed by atoms with E-state index in [0.29, 0.717) is 6.42 Å². The third-order valence-electron chi connectivity index (χ3n) is 2.85. The lowest BCUT2D eigenvalue weighted by atomic mass is 9.85. The van der Waals surface area contributed by atoms with Gasteiger partial charge in [-0.15, -0.1) is 0 Å². The molecule has 0 bridgehead atoms. The summed E-state index contributed by atoms with van der Waals surface area (Å²) in [4.78, 5) is 11.1. The highest BCUT2D eigenvalue weighted by Crippen LogP contribution is 2.16. The maximum atomic E-state index is 11.1. The molecular formula is C10H20BNO7. The highest BCUT2D eigenvalue weighted by atomic mass is 16.6. The zero-order chi connectivity index (χ0) is 14.4. The number of carbonyl (C=O) groups is 1. The second kappa shape index (κ2) is 7.78. The van der Waals surface area contributed by atoms with Gasteiger partial charge in [0.15, 0.2) is 0 Å². The first kappa shape index (κ1) is 16.3. The Balaban J connectivity index is 2.50. The van der Waals surface area contributed by atoms with Crippen LogP contribution in [0.1, 0.15) is 13.3 Å². The minimum atomic E-state index is -1.44. The molecule has 4 atom stereocenters. The van der Waals surface area contributed by atoms with Gasteiger partial charge in [-0.05, 0) is 0 Å². The maximum Gasteiger partial charge on any atom is 0.477 e. The van der Waals surface area contributed by atoms with E-state index in [2.05, 4.69) is 5.32 Å². The van der Waals surface area contributed by atoms with E-state index >= 15 is 0 Å². The average Bonchev–Trinajstić information content (AvgIpc) is 2.44. The Morgan fingerprint density at radius 3 is 2.79 bits per heavy atom. The average molecular weight is 277 g/mol. The van der Waals surface area contributed by atoms with Gasteiger partial charge in [-0.2, -0.15) is 0 Å². The van der Waals surface area contributed by atoms with Crippen LogP contribution in [0, 0.1) is 0 Å². The summed E-state index contributed by atoms with van der Waals surface area (Å²) in [6.07, 6.45) is -4.65. The predicted octanol–water partition coefficient (Wildman–Crippen LogP) is -2.97. The lowest BCUT2D eigenvalue weighted by Crippen LogP contribution is -2.57. The van der Waals surface area contributed by atoms with E-state index in [1.807, 2.05) is 0 Å². The van der Waals surface area contributed by atoms with E-state index in [1.54, 1.807) is 6.92 Å². The zero-order valence-corrected chi connectivity index (χ0v) is 10.7. The SMILES string of the molecule is CCC(=O)NCB1OCC(O)C(C(O)C(O)CO)O1. The van der Waals surface area contributed by atoms with E-state index in [-0.39, 0.29) is 19.0 Å². The zero-order valence-electron chi connectivity index (χ0n) is 10.7. The molecule has 1 heterocycles. The van der Waals surface area contributed by atoms with Crippen LogP contribution in [0.4, 0.5) is 0 Å². The fourth-order valence-electron chi connectivity index (χ4n) is 1.67. The van der Waals surface area contributed by atoms with Gasteiger partial charge in [0.2, 0.25) is 5.91 Å². The third-order valence-corrected chi connectivity index (χ3v) is 2.85. The van der Waals surface area contributed by atoms with Crippen molar-refractivity contribution >= 4 is 13.0 Å². The van der Waals surface area contributed by atoms with Crippen LogP contribution in [0.5, 0.6) is 0 Å². The normalized spacial score (nSPS) is 26.9. The van der Waals surface area contributed by atoms with Gasteiger partial charge in [0.25, 0.3) is 0 Å². The van der Waals surface area contributed by atoms with Gasteiger partial charge in [0.05, 0.1) is 25.8 Å². The summed E-state index contributed by atoms with van der Waals surface area (Å²) in [6.45, 7) is 0.963. The first-order valence-electron chi connectivity index (χ1n) is 6.18. The topological polar surface area (TPSA) is 128 Å². The number of hydrogen-bond donors (Lipinski definition) is 5. The Kier molecular flexibility index (Phi) is 6.69. The standard InChI is InChI=1S/C10H20BNO7/c1-2-8(16)12-5-11-18-4-7(15)10(19-11)9(17)6(14)3-13/h6-7,9-10,13-15,17H,2-5H2,1H3,(H,12,16). The van der Waals surface area contributed by atoms with Crippen molar-refractivity contribution < 1.29 is 34.5 Å². The number of aliphatic hydroxyl groups is 4. The van der Waals surface area contributed by atoms with Gasteiger partial charge in [-0.25, -0.2) is 0 Å². The number of nitrogens with one attached hydrogen (secondary N) is 1. The summed E-state index contributed by atoms with van der Waals surface area (Å²) in [6, 6.07) is 0. The summed E-state index contributed by atoms with van der Waals surface area (Å²) in [5, 5.41) is 40.0. The molecule has 1 aliphatic heterocycles. The number of hydrogen-bond acceptors (Lipinski definition) is 7. The van der Waals surface area contributed by atoms with Crippen molar-refractivity contribution in [2.75, 3.05) is 19.7 Å². The molecule has 8 nitrogen and oxygen atoms in total. The lowest BCUT2D eigenvalue weighted by molar-refractivity contribution is -0.138. The van der Waals surface area contributed by atoms with Crippen molar-refractivity contribution in [2.45, 2.75) is 37.8 Å². The monoisotopic (exact) mass is 277 g/mol. The van der Waals surface area contributed by atoms with Crippen LogP contribution in [0.25, 0.3) is 0 Å². The van der Waals surface area contributed by atoms with Crippen LogP contribution >= 0.6 is 0 Å². The molecule has 0 aromatic rings. The van der Waals surface area contributed by atoms with Crippen LogP contribution < -0.4 is 5.32 Å². The van der Waals surface area contributed by atoms with E-state index < -0.39 is 38.1 Å². The third kappa shape index (κ3) is 4.71. The maximum absolute atomic E-state index is 11.1. The molecule has 1 saturated heterocycles. The van der Waals surface area contributed by atoms with Crippen LogP contribution in [0.2, 0.25) is 0 Å². The first-order chi connectivity index (χ1) is 8.99. The van der Waals surface area contributed by atoms with Crippen molar-refractivity contribution in [3.05, 3.63) is 0 Å². The van der Waals surface area contributed by atoms with Crippen molar-refractivity contribution in [1.29, 1.82) is 0 Å². The largest absolute Gasteiger partial charge is 0.477 e. The molecule has 0 saturated carbocycles. The summed E-state index contributed by atoms with van der Waals surface area (Å²) in [5.74, 6) is -0.175. The van der Waals surface area contributed by atoms with E-state index in [9.17, 15) is 20.1 Å². The van der Waals surface area contributed by atoms with Gasteiger partial charge in [-0.3, -0.25) is 4.79 Å². The molecule has 0 aliphatic carbocycles. The summed E-state index contributed by atoms with van der Waals surface area (Å²) < 4.78 is 10.4. The molecule has 1 aliphatic rings. The molecule has 0 aromatic carbocycles. The number of aliphatic hydroxyl groups excluding tert-OH is 4. The molecule has 1 amide bonds. The van der Waals surface area contributed by atoms with Crippen molar-refractivity contribution in [1.82, 2.24) is 5.32 Å². The molecule has 0 spiro atoms. The highest BCUT2D eigenvalue weighted by molar-refractivity contribution is 6.45. The Hall–Kier alpha value is -0.705. The quantitative estimate of drug-likeness (QED) is 0.328. The smallest absolute Gasteiger partial charge is 0.407 e. The fourth-order valence-corrected chi connectivity index (χ4v) is 1.67. The second-order valence-electron chi connectivity index (χ2n) is 4.33. The molecule has 110 valence electrons. The van der Waals surface area contributed by atoms with E-state index in [0.717, 1.165) is 0 Å². The van der Waals surface area contributed by atoms with E-state index in [4.69, 9.17) is 14.4 Å². The molecule has 0 radical (unpaired) electrons. The highest BCUT2D eigenvalue weighted by Gasteiger charge is 2.40. The van der Waals surface area contributed by atoms with E-state index in [1.165, 1.54) is 0 Å². The van der Waals surface area contributed by atoms with Gasteiger partial charge >= 0.3 is 7.12 Å². The Morgan fingerprint density at radius 2 is 2.21 bits per heavy atom. The molecule has 4 unspecified atom stereocenters. The minimum absolute atomic E-state index is 0.0812. The van der Waals surface area contributed by atoms with Crippen molar-refractivity contribution in [2.24, 2.45) is 0 Å². The fraction of sp³-hybridized carbons (Fsp3) is 0.900. The molecule has 9 heteroatoms. The molecule has 1 rings (SSSR count). The molecular weight excluding hydrogens is 257 g/mol. The number of rotatable bonds is 6. The molecule has 1 fully saturated rings. The minimum Gasteiger partial charge on any atom is -0.407 e. The van der Waals surface area contributed by atoms with Crippen LogP contribution in [-0.4, -0.2) is 77.5 Å². The summed E-state index contributed by atoms with van der Waals surface area (Å²) in [7, 11) is -0.815. The lowest BCUT2D eigenvalue weighted by Gasteiger charge is -2.36. The summed E-state index contributed by atoms with van der Waals surface area (Å²) >= 11 is 0. The first-order valence-corrected chi connectivity index (χ1v) is 6.18. The second-order valence-corrected chi connectivity index (χ2v) is 4.33. The van der Waals surface area contributed by atoms with Gasteiger partial charge in [-0.1, -0.05) is 6.92 Å². The number of amides is 1. The van der Waals surface area contributed by atoms with Crippen LogP contribution in [0.3, 0.4) is 0 Å². The van der Waals surface area contributed by atoms with Gasteiger partial charge in [0.1, 0.15) is 18.3 Å². The predicted molar refractivity (Wildman–Crippen MR) is 65.0 cm³/mol. The van der Waals surface area contributed by atoms with Crippen LogP contribution in [0.15, 0.2) is 0 Å².